The summed E-state index contributed by atoms with van der Waals surface area (Å²) in [6, 6.07) is 0. The van der Waals surface area contributed by atoms with Crippen LogP contribution in [0.3, 0.4) is 0 Å². The van der Waals surface area contributed by atoms with Crippen molar-refractivity contribution in [2.45, 2.75) is 88.9 Å². The quantitative estimate of drug-likeness (QED) is 0.341. The number of hydrogen-bond acceptors (Lipinski definition) is 6. The van der Waals surface area contributed by atoms with Crippen LogP contribution in [-0.2, 0) is 9.47 Å². The van der Waals surface area contributed by atoms with E-state index in [0.717, 1.165) is 25.7 Å². The minimum Gasteiger partial charge on any atom is -0.444 e. The number of unbranched alkanes of at least 4 members (excludes halogenated alkanes) is 1. The van der Waals surface area contributed by atoms with Crippen LogP contribution in [0.5, 0.6) is 0 Å². The predicted octanol–water partition coefficient (Wildman–Crippen LogP) is 4.19. The molecule has 0 saturated carbocycles. The normalized spacial score (nSPS) is 14.3. The van der Waals surface area contributed by atoms with Gasteiger partial charge in [-0.25, -0.2) is 9.59 Å². The van der Waals surface area contributed by atoms with Crippen molar-refractivity contribution in [2.75, 3.05) is 13.1 Å². The zero-order valence-electron chi connectivity index (χ0n) is 16.9. The lowest BCUT2D eigenvalue weighted by Crippen LogP contribution is -2.36. The molecule has 0 heterocycles. The number of thiol groups is 2. The largest absolute Gasteiger partial charge is 0.444 e. The molecule has 26 heavy (non-hydrogen) atoms. The van der Waals surface area contributed by atoms with Gasteiger partial charge in [0.25, 0.3) is 0 Å². The van der Waals surface area contributed by atoms with Crippen molar-refractivity contribution in [3.8, 4) is 0 Å². The first-order valence-electron chi connectivity index (χ1n) is 9.08. The number of alkyl carbamates (subject to hydrolysis) is 2. The highest BCUT2D eigenvalue weighted by molar-refractivity contribution is 7.81. The van der Waals surface area contributed by atoms with Crippen molar-refractivity contribution in [3.63, 3.8) is 0 Å². The van der Waals surface area contributed by atoms with Gasteiger partial charge in [0.05, 0.1) is 0 Å². The average Bonchev–Trinajstić information content (AvgIpc) is 2.44. The summed E-state index contributed by atoms with van der Waals surface area (Å²) < 4.78 is 10.4. The van der Waals surface area contributed by atoms with E-state index in [1.54, 1.807) is 0 Å². The maximum absolute atomic E-state index is 11.6. The second kappa shape index (κ2) is 11.8. The van der Waals surface area contributed by atoms with E-state index in [1.165, 1.54) is 0 Å². The van der Waals surface area contributed by atoms with Crippen molar-refractivity contribution >= 4 is 37.4 Å². The lowest BCUT2D eigenvalue weighted by atomic mass is 10.1. The molecule has 154 valence electrons. The Morgan fingerprint density at radius 3 is 1.35 bits per heavy atom. The summed E-state index contributed by atoms with van der Waals surface area (Å²) in [5, 5.41) is 5.62. The molecule has 0 aliphatic rings. The van der Waals surface area contributed by atoms with E-state index in [-0.39, 0.29) is 10.5 Å². The molecule has 6 nitrogen and oxygen atoms in total. The number of carbonyl (C=O) groups excluding carboxylic acids is 2. The number of nitrogens with one attached hydrogen (secondary N) is 2. The fraction of sp³-hybridized carbons (Fsp3) is 0.889. The van der Waals surface area contributed by atoms with Gasteiger partial charge in [-0.05, 0) is 54.4 Å². The van der Waals surface area contributed by atoms with Crippen LogP contribution in [0, 0.1) is 0 Å². The van der Waals surface area contributed by atoms with Gasteiger partial charge in [0.2, 0.25) is 0 Å². The molecule has 2 unspecified atom stereocenters. The summed E-state index contributed by atoms with van der Waals surface area (Å²) in [5.41, 5.74) is -0.990. The molecule has 0 saturated heterocycles. The number of carbonyl (C=O) groups is 2. The fourth-order valence-corrected chi connectivity index (χ4v) is 2.54. The molecule has 2 amide bonds. The molecule has 0 aliphatic carbocycles. The molecule has 2 atom stereocenters. The van der Waals surface area contributed by atoms with Gasteiger partial charge in [0, 0.05) is 23.6 Å². The molecule has 0 aromatic heterocycles. The number of ether oxygens (including phenoxy) is 2. The Balaban J connectivity index is 3.75. The number of hydrogen-bond donors (Lipinski definition) is 4. The maximum Gasteiger partial charge on any atom is 0.407 e. The molecule has 0 aromatic carbocycles. The third kappa shape index (κ3) is 16.7. The van der Waals surface area contributed by atoms with Gasteiger partial charge in [0.15, 0.2) is 0 Å². The topological polar surface area (TPSA) is 76.7 Å². The van der Waals surface area contributed by atoms with E-state index in [1.807, 2.05) is 41.5 Å². The van der Waals surface area contributed by atoms with Gasteiger partial charge >= 0.3 is 12.2 Å². The first kappa shape index (κ1) is 25.2. The third-order valence-electron chi connectivity index (χ3n) is 3.09. The molecular formula is C18H36N2O4S2. The molecular weight excluding hydrogens is 372 g/mol. The third-order valence-corrected chi connectivity index (χ3v) is 3.97. The zero-order valence-corrected chi connectivity index (χ0v) is 18.7. The Morgan fingerprint density at radius 2 is 1.08 bits per heavy atom. The van der Waals surface area contributed by atoms with Gasteiger partial charge in [0.1, 0.15) is 11.2 Å². The van der Waals surface area contributed by atoms with E-state index in [2.05, 4.69) is 35.9 Å². The minimum absolute atomic E-state index is 0.0841. The van der Waals surface area contributed by atoms with Crippen LogP contribution in [0.15, 0.2) is 0 Å². The lowest BCUT2D eigenvalue weighted by Gasteiger charge is -2.21. The first-order valence-corrected chi connectivity index (χ1v) is 10.1. The standard InChI is InChI=1S/C18H36N2O4S2/c1-17(2,3)23-15(21)19-11-13(25)9-7-8-10-14(26)12-20-16(22)24-18(4,5)6/h13-14,25-26H,7-12H2,1-6H3,(H,19,21)(H,20,22). The smallest absolute Gasteiger partial charge is 0.407 e. The summed E-state index contributed by atoms with van der Waals surface area (Å²) in [5.74, 6) is 0. The average molecular weight is 409 g/mol. The van der Waals surface area contributed by atoms with Crippen LogP contribution in [-0.4, -0.2) is 47.0 Å². The summed E-state index contributed by atoms with van der Waals surface area (Å²) in [6.45, 7) is 11.9. The van der Waals surface area contributed by atoms with Gasteiger partial charge in [-0.3, -0.25) is 0 Å². The van der Waals surface area contributed by atoms with Gasteiger partial charge < -0.3 is 20.1 Å². The van der Waals surface area contributed by atoms with Crippen LogP contribution in [0.1, 0.15) is 67.2 Å². The number of amides is 2. The molecule has 2 N–H and O–H groups in total. The minimum atomic E-state index is -0.495. The Bertz CT molecular complexity index is 394. The van der Waals surface area contributed by atoms with E-state index >= 15 is 0 Å². The van der Waals surface area contributed by atoms with Gasteiger partial charge in [-0.2, -0.15) is 25.3 Å². The highest BCUT2D eigenvalue weighted by Gasteiger charge is 2.17. The fourth-order valence-electron chi connectivity index (χ4n) is 1.99. The van der Waals surface area contributed by atoms with E-state index in [4.69, 9.17) is 9.47 Å². The summed E-state index contributed by atoms with van der Waals surface area (Å²) in [6.07, 6.45) is 2.90. The highest BCUT2D eigenvalue weighted by atomic mass is 32.1. The second-order valence-corrected chi connectivity index (χ2v) is 9.82. The van der Waals surface area contributed by atoms with Crippen LogP contribution in [0.4, 0.5) is 9.59 Å². The van der Waals surface area contributed by atoms with Crippen molar-refractivity contribution in [2.24, 2.45) is 0 Å². The van der Waals surface area contributed by atoms with Crippen molar-refractivity contribution in [1.82, 2.24) is 10.6 Å². The SMILES string of the molecule is CC(C)(C)OC(=O)NCC(S)CCCCC(S)CNC(=O)OC(C)(C)C. The molecule has 8 heteroatoms. The van der Waals surface area contributed by atoms with Gasteiger partial charge in [-0.15, -0.1) is 0 Å². The summed E-state index contributed by atoms with van der Waals surface area (Å²) in [4.78, 5) is 23.1. The molecule has 0 rings (SSSR count). The molecule has 0 aromatic rings. The Labute approximate surface area is 169 Å². The summed E-state index contributed by atoms with van der Waals surface area (Å²) >= 11 is 8.97. The van der Waals surface area contributed by atoms with Crippen molar-refractivity contribution in [3.05, 3.63) is 0 Å². The van der Waals surface area contributed by atoms with E-state index < -0.39 is 23.4 Å². The van der Waals surface area contributed by atoms with Crippen LogP contribution >= 0.6 is 25.3 Å². The van der Waals surface area contributed by atoms with Gasteiger partial charge in [-0.1, -0.05) is 12.8 Å². The maximum atomic E-state index is 11.6. The monoisotopic (exact) mass is 408 g/mol. The Kier molecular flexibility index (Phi) is 11.5. The molecule has 0 fully saturated rings. The highest BCUT2D eigenvalue weighted by Crippen LogP contribution is 2.13. The van der Waals surface area contributed by atoms with Crippen LogP contribution in [0.25, 0.3) is 0 Å². The lowest BCUT2D eigenvalue weighted by molar-refractivity contribution is 0.0515. The predicted molar refractivity (Wildman–Crippen MR) is 112 cm³/mol. The first-order chi connectivity index (χ1) is 11.8. The van der Waals surface area contributed by atoms with Crippen molar-refractivity contribution < 1.29 is 19.1 Å². The Hall–Kier alpha value is -0.760. The van der Waals surface area contributed by atoms with Crippen molar-refractivity contribution in [1.29, 1.82) is 0 Å². The molecule has 0 spiro atoms. The second-order valence-electron chi connectivity index (χ2n) is 8.36. The molecule has 0 aliphatic heterocycles. The van der Waals surface area contributed by atoms with E-state index in [9.17, 15) is 9.59 Å². The van der Waals surface area contributed by atoms with E-state index in [0.29, 0.717) is 13.1 Å². The molecule has 0 radical (unpaired) electrons. The zero-order chi connectivity index (χ0) is 20.4. The Morgan fingerprint density at radius 1 is 0.769 bits per heavy atom. The molecule has 0 bridgehead atoms. The number of rotatable bonds is 9. The van der Waals surface area contributed by atoms with Crippen LogP contribution < -0.4 is 10.6 Å². The summed E-state index contributed by atoms with van der Waals surface area (Å²) in [7, 11) is 0. The van der Waals surface area contributed by atoms with Crippen LogP contribution in [0.2, 0.25) is 0 Å².